The fourth-order valence-electron chi connectivity index (χ4n) is 3.20. The van der Waals surface area contributed by atoms with Gasteiger partial charge in [0.1, 0.15) is 10.1 Å². The van der Waals surface area contributed by atoms with E-state index in [-0.39, 0.29) is 22.1 Å². The minimum absolute atomic E-state index is 0.0342. The summed E-state index contributed by atoms with van der Waals surface area (Å²) in [5.41, 5.74) is -0.868. The zero-order chi connectivity index (χ0) is 22.3. The maximum atomic E-state index is 12.5. The van der Waals surface area contributed by atoms with Crippen molar-refractivity contribution >= 4 is 48.7 Å². The van der Waals surface area contributed by atoms with Crippen molar-refractivity contribution in [3.05, 3.63) is 70.8 Å². The Hall–Kier alpha value is -4.09. The molecular formula is C20H10N3O7S-3. The maximum absolute atomic E-state index is 12.5. The Morgan fingerprint density at radius 2 is 1.45 bits per heavy atom. The van der Waals surface area contributed by atoms with Crippen molar-refractivity contribution < 1.29 is 28.1 Å². The van der Waals surface area contributed by atoms with Gasteiger partial charge in [-0.15, -0.1) is 0 Å². The molecule has 0 aliphatic heterocycles. The summed E-state index contributed by atoms with van der Waals surface area (Å²) in [6, 6.07) is 13.3. The van der Waals surface area contributed by atoms with Crippen molar-refractivity contribution in [2.45, 2.75) is 4.90 Å². The predicted molar refractivity (Wildman–Crippen MR) is 106 cm³/mol. The zero-order valence-electron chi connectivity index (χ0n) is 15.4. The Labute approximate surface area is 174 Å². The average molecular weight is 436 g/mol. The number of hydrogen-bond donors (Lipinski definition) is 0. The van der Waals surface area contributed by atoms with Gasteiger partial charge in [-0.05, 0) is 17.5 Å². The molecule has 0 N–H and O–H groups in total. The second-order valence-electron chi connectivity index (χ2n) is 6.50. The van der Waals surface area contributed by atoms with Crippen molar-refractivity contribution in [1.29, 1.82) is 0 Å². The quantitative estimate of drug-likeness (QED) is 0.204. The van der Waals surface area contributed by atoms with Gasteiger partial charge in [0.05, 0.1) is 21.2 Å². The highest BCUT2D eigenvalue weighted by Gasteiger charge is 2.16. The van der Waals surface area contributed by atoms with Crippen LogP contribution in [0, 0.1) is 10.1 Å². The molecular weight excluding hydrogens is 426 g/mol. The van der Waals surface area contributed by atoms with E-state index < -0.39 is 37.1 Å². The van der Waals surface area contributed by atoms with Gasteiger partial charge in [-0.25, -0.2) is 8.42 Å². The number of fused-ring (bicyclic) bond motifs is 2. The van der Waals surface area contributed by atoms with Crippen LogP contribution in [0.4, 0.5) is 17.1 Å². The highest BCUT2D eigenvalue weighted by Crippen LogP contribution is 2.41. The number of azo groups is 1. The van der Waals surface area contributed by atoms with E-state index in [1.54, 1.807) is 30.3 Å². The second-order valence-corrected chi connectivity index (χ2v) is 7.84. The molecule has 156 valence electrons. The standard InChI is InChI=1S/C20H13N3O7S/c24-16-8-5-11-3-1-2-4-13(11)19(16)21-22-20-14-7-6-12(23(26)27)9-15(14)18(10-17(20)25)31(28,29)30/h1-10,24-25H,(H,28,29,30)/p-3. The van der Waals surface area contributed by atoms with E-state index in [4.69, 9.17) is 0 Å². The van der Waals surface area contributed by atoms with Crippen LogP contribution >= 0.6 is 0 Å². The summed E-state index contributed by atoms with van der Waals surface area (Å²) in [4.78, 5) is 9.40. The van der Waals surface area contributed by atoms with Crippen molar-refractivity contribution in [3.8, 4) is 11.5 Å². The number of nitro benzene ring substituents is 1. The Bertz CT molecular complexity index is 1510. The Balaban J connectivity index is 1.98. The Morgan fingerprint density at radius 3 is 2.13 bits per heavy atom. The summed E-state index contributed by atoms with van der Waals surface area (Å²) in [5.74, 6) is -1.39. The van der Waals surface area contributed by atoms with Gasteiger partial charge >= 0.3 is 0 Å². The number of nitro groups is 1. The maximum Gasteiger partial charge on any atom is 0.270 e. The zero-order valence-corrected chi connectivity index (χ0v) is 16.2. The first-order valence-electron chi connectivity index (χ1n) is 8.65. The third kappa shape index (κ3) is 3.63. The lowest BCUT2D eigenvalue weighted by Crippen LogP contribution is -2.03. The molecule has 4 aromatic rings. The van der Waals surface area contributed by atoms with Crippen LogP contribution in [0.15, 0.2) is 75.8 Å². The van der Waals surface area contributed by atoms with Crippen LogP contribution in [0.5, 0.6) is 11.5 Å². The molecule has 0 heterocycles. The van der Waals surface area contributed by atoms with Crippen LogP contribution in [0.3, 0.4) is 0 Å². The Kier molecular flexibility index (Phi) is 4.76. The molecule has 4 rings (SSSR count). The first-order chi connectivity index (χ1) is 14.7. The number of benzene rings is 4. The average Bonchev–Trinajstić information content (AvgIpc) is 2.72. The lowest BCUT2D eigenvalue weighted by atomic mass is 10.1. The number of hydrogen-bond acceptors (Lipinski definition) is 9. The van der Waals surface area contributed by atoms with Crippen molar-refractivity contribution in [2.24, 2.45) is 10.2 Å². The number of rotatable bonds is 4. The van der Waals surface area contributed by atoms with E-state index in [0.29, 0.717) is 16.8 Å². The second kappa shape index (κ2) is 7.31. The van der Waals surface area contributed by atoms with Gasteiger partial charge in [0, 0.05) is 28.3 Å². The third-order valence-corrected chi connectivity index (χ3v) is 5.49. The summed E-state index contributed by atoms with van der Waals surface area (Å²) in [6.45, 7) is 0. The molecule has 0 fully saturated rings. The SMILES string of the molecule is O=[N+]([O-])c1ccc2c(N=Nc3c([O-])ccc4ccccc34)c([O-])cc(S(=O)(=O)[O-])c2c1. The molecule has 0 aliphatic carbocycles. The van der Waals surface area contributed by atoms with Crippen LogP contribution in [-0.2, 0) is 10.1 Å². The van der Waals surface area contributed by atoms with Gasteiger partial charge in [-0.3, -0.25) is 10.1 Å². The molecule has 0 radical (unpaired) electrons. The van der Waals surface area contributed by atoms with E-state index in [1.165, 1.54) is 6.07 Å². The lowest BCUT2D eigenvalue weighted by Gasteiger charge is -2.18. The van der Waals surface area contributed by atoms with Crippen LogP contribution in [0.25, 0.3) is 21.5 Å². The summed E-state index contributed by atoms with van der Waals surface area (Å²) >= 11 is 0. The monoisotopic (exact) mass is 436 g/mol. The van der Waals surface area contributed by atoms with Gasteiger partial charge in [-0.2, -0.15) is 10.2 Å². The fourth-order valence-corrected chi connectivity index (χ4v) is 3.89. The minimum atomic E-state index is -5.11. The molecule has 0 saturated heterocycles. The molecule has 31 heavy (non-hydrogen) atoms. The molecule has 0 spiro atoms. The smallest absolute Gasteiger partial charge is 0.270 e. The Morgan fingerprint density at radius 1 is 0.774 bits per heavy atom. The first kappa shape index (κ1) is 20.2. The van der Waals surface area contributed by atoms with Crippen LogP contribution in [0.1, 0.15) is 0 Å². The normalized spacial score (nSPS) is 12.0. The summed E-state index contributed by atoms with van der Waals surface area (Å²) in [5, 5.41) is 44.4. The largest absolute Gasteiger partial charge is 0.871 e. The molecule has 11 heteroatoms. The molecule has 10 nitrogen and oxygen atoms in total. The van der Waals surface area contributed by atoms with Gasteiger partial charge in [0.2, 0.25) is 0 Å². The summed E-state index contributed by atoms with van der Waals surface area (Å²) < 4.78 is 34.8. The van der Waals surface area contributed by atoms with Crippen LogP contribution in [0.2, 0.25) is 0 Å². The third-order valence-electron chi connectivity index (χ3n) is 4.61. The lowest BCUT2D eigenvalue weighted by molar-refractivity contribution is -0.384. The van der Waals surface area contributed by atoms with E-state index in [0.717, 1.165) is 18.2 Å². The van der Waals surface area contributed by atoms with E-state index in [2.05, 4.69) is 10.2 Å². The van der Waals surface area contributed by atoms with Crippen molar-refractivity contribution in [1.82, 2.24) is 0 Å². The van der Waals surface area contributed by atoms with Crippen molar-refractivity contribution in [2.75, 3.05) is 0 Å². The molecule has 0 saturated carbocycles. The molecule has 0 amide bonds. The minimum Gasteiger partial charge on any atom is -0.871 e. The van der Waals surface area contributed by atoms with Crippen molar-refractivity contribution in [3.63, 3.8) is 0 Å². The van der Waals surface area contributed by atoms with E-state index >= 15 is 0 Å². The van der Waals surface area contributed by atoms with Gasteiger partial charge in [0.25, 0.3) is 5.69 Å². The molecule has 0 aromatic heterocycles. The molecule has 0 unspecified atom stereocenters. The predicted octanol–water partition coefficient (Wildman–Crippen LogP) is 3.37. The number of nitrogens with zero attached hydrogens (tertiary/aromatic N) is 3. The first-order valence-corrected chi connectivity index (χ1v) is 10.1. The van der Waals surface area contributed by atoms with Gasteiger partial charge in [-0.1, -0.05) is 47.9 Å². The highest BCUT2D eigenvalue weighted by atomic mass is 32.2. The molecule has 0 aliphatic rings. The van der Waals surface area contributed by atoms with Crippen LogP contribution < -0.4 is 10.2 Å². The van der Waals surface area contributed by atoms with Gasteiger partial charge < -0.3 is 14.8 Å². The number of non-ortho nitro benzene ring substituents is 1. The topological polar surface area (TPSA) is 171 Å². The highest BCUT2D eigenvalue weighted by molar-refractivity contribution is 7.86. The van der Waals surface area contributed by atoms with E-state index in [1.807, 2.05) is 0 Å². The molecule has 0 bridgehead atoms. The van der Waals surface area contributed by atoms with Crippen LogP contribution in [-0.4, -0.2) is 17.9 Å². The van der Waals surface area contributed by atoms with Gasteiger partial charge in [0.15, 0.2) is 0 Å². The van der Waals surface area contributed by atoms with E-state index in [9.17, 15) is 33.3 Å². The fraction of sp³-hybridized carbons (Fsp3) is 0. The molecule has 0 atom stereocenters. The summed E-state index contributed by atoms with van der Waals surface area (Å²) in [6.07, 6.45) is 0. The summed E-state index contributed by atoms with van der Waals surface area (Å²) in [7, 11) is -5.11. The molecule has 4 aromatic carbocycles.